The van der Waals surface area contributed by atoms with Crippen LogP contribution in [0.25, 0.3) is 11.1 Å². The first-order chi connectivity index (χ1) is 17.5. The molecule has 1 aliphatic rings. The number of aldehydes is 1. The molecule has 8 heteroatoms. The highest BCUT2D eigenvalue weighted by Gasteiger charge is 2.32. The maximum Gasteiger partial charge on any atom is 0.410 e. The highest BCUT2D eigenvalue weighted by atomic mass is 35.5. The minimum atomic E-state index is -0.503. The van der Waals surface area contributed by atoms with Gasteiger partial charge in [-0.2, -0.15) is 0 Å². The van der Waals surface area contributed by atoms with Crippen LogP contribution in [0.15, 0.2) is 88.8 Å². The molecule has 0 atom stereocenters. The number of pyridine rings is 1. The molecule has 0 aliphatic heterocycles. The molecule has 1 aliphatic carbocycles. The first kappa shape index (κ1) is 24.4. The molecule has 1 amide bonds. The predicted octanol–water partition coefficient (Wildman–Crippen LogP) is 7.69. The van der Waals surface area contributed by atoms with Gasteiger partial charge in [0, 0.05) is 40.4 Å². The van der Waals surface area contributed by atoms with Crippen LogP contribution in [0, 0.1) is 0 Å². The molecule has 36 heavy (non-hydrogen) atoms. The molecule has 3 aromatic carbocycles. The molecule has 5 rings (SSSR count). The predicted molar refractivity (Wildman–Crippen MR) is 142 cm³/mol. The molecule has 4 aromatic rings. The van der Waals surface area contributed by atoms with Gasteiger partial charge in [0.1, 0.15) is 5.15 Å². The van der Waals surface area contributed by atoms with E-state index in [1.165, 1.54) is 22.9 Å². The van der Waals surface area contributed by atoms with Crippen LogP contribution in [0.2, 0.25) is 10.2 Å². The monoisotopic (exact) mass is 534 g/mol. The van der Waals surface area contributed by atoms with Gasteiger partial charge in [-0.3, -0.25) is 4.79 Å². The molecule has 180 valence electrons. The molecule has 1 heterocycles. The van der Waals surface area contributed by atoms with Crippen molar-refractivity contribution in [1.82, 2.24) is 9.88 Å². The number of amides is 1. The van der Waals surface area contributed by atoms with E-state index in [4.69, 9.17) is 27.9 Å². The number of nitrogens with zero attached hydrogens (tertiary/aromatic N) is 2. The van der Waals surface area contributed by atoms with Gasteiger partial charge in [0.2, 0.25) is 0 Å². The number of hydrogen-bond donors (Lipinski definition) is 0. The van der Waals surface area contributed by atoms with E-state index in [0.717, 1.165) is 28.5 Å². The van der Waals surface area contributed by atoms with Crippen molar-refractivity contribution in [3.05, 3.63) is 111 Å². The molecular weight excluding hydrogens is 515 g/mol. The lowest BCUT2D eigenvalue weighted by atomic mass is 10.1. The van der Waals surface area contributed by atoms with Crippen molar-refractivity contribution in [3.63, 3.8) is 0 Å². The summed E-state index contributed by atoms with van der Waals surface area (Å²) >= 11 is 14.2. The average molecular weight is 535 g/mol. The lowest BCUT2D eigenvalue weighted by molar-refractivity contribution is 0.0841. The van der Waals surface area contributed by atoms with Crippen molar-refractivity contribution >= 4 is 47.3 Å². The van der Waals surface area contributed by atoms with Crippen molar-refractivity contribution in [2.75, 3.05) is 7.05 Å². The summed E-state index contributed by atoms with van der Waals surface area (Å²) in [5, 5.41) is 0.599. The van der Waals surface area contributed by atoms with Crippen LogP contribution in [0.1, 0.15) is 33.2 Å². The van der Waals surface area contributed by atoms with Gasteiger partial charge in [-0.25, -0.2) is 9.78 Å². The molecule has 0 saturated carbocycles. The molecule has 0 unspecified atom stereocenters. The van der Waals surface area contributed by atoms with Crippen molar-refractivity contribution < 1.29 is 14.3 Å². The minimum Gasteiger partial charge on any atom is -0.436 e. The molecule has 0 N–H and O–H groups in total. The van der Waals surface area contributed by atoms with Gasteiger partial charge in [0.05, 0.1) is 16.5 Å². The van der Waals surface area contributed by atoms with E-state index in [-0.39, 0.29) is 11.7 Å². The van der Waals surface area contributed by atoms with Crippen LogP contribution >= 0.6 is 35.0 Å². The number of benzene rings is 3. The Morgan fingerprint density at radius 1 is 1.00 bits per heavy atom. The number of fused-ring (bicyclic) bond motifs is 3. The largest absolute Gasteiger partial charge is 0.436 e. The number of rotatable bonds is 6. The average Bonchev–Trinajstić information content (AvgIpc) is 3.22. The van der Waals surface area contributed by atoms with E-state index in [2.05, 4.69) is 4.98 Å². The lowest BCUT2D eigenvalue weighted by Crippen LogP contribution is -2.28. The van der Waals surface area contributed by atoms with Crippen LogP contribution in [-0.4, -0.2) is 29.3 Å². The molecule has 0 fully saturated rings. The van der Waals surface area contributed by atoms with Gasteiger partial charge in [-0.05, 0) is 17.2 Å². The summed E-state index contributed by atoms with van der Waals surface area (Å²) in [7, 11) is 1.65. The molecule has 0 radical (unpaired) electrons. The number of carbonyl (C=O) groups excluding carboxylic acids is 2. The van der Waals surface area contributed by atoms with E-state index in [0.29, 0.717) is 25.9 Å². The summed E-state index contributed by atoms with van der Waals surface area (Å²) in [6, 6.07) is 23.0. The quantitative estimate of drug-likeness (QED) is 0.187. The first-order valence-electron chi connectivity index (χ1n) is 11.1. The second-order valence-electron chi connectivity index (χ2n) is 8.26. The number of ether oxygens (including phenoxy) is 1. The van der Waals surface area contributed by atoms with Crippen molar-refractivity contribution in [3.8, 4) is 11.1 Å². The van der Waals surface area contributed by atoms with Crippen LogP contribution in [0.3, 0.4) is 0 Å². The van der Waals surface area contributed by atoms with Crippen LogP contribution in [0.4, 0.5) is 4.79 Å². The van der Waals surface area contributed by atoms with E-state index >= 15 is 0 Å². The summed E-state index contributed by atoms with van der Waals surface area (Å²) in [6.45, 7) is 0.140. The van der Waals surface area contributed by atoms with Crippen LogP contribution in [0.5, 0.6) is 0 Å². The maximum atomic E-state index is 13.2. The third kappa shape index (κ3) is 4.60. The molecule has 1 aromatic heterocycles. The molecule has 0 saturated heterocycles. The standard InChI is InChI=1S/C28H20Cl2N2O3S/c1-32(28(34)35-25-20-11-5-3-9-18(20)19-10-4-6-12-21(19)25)15-22-23(29)14-31-27(30)26(22)36-24-13-7-2-8-17(24)16-33/h2-14,16,25H,15H2,1H3. The summed E-state index contributed by atoms with van der Waals surface area (Å²) in [5.41, 5.74) is 5.17. The van der Waals surface area contributed by atoms with Crippen molar-refractivity contribution in [1.29, 1.82) is 0 Å². The molecule has 0 bridgehead atoms. The molecular formula is C28H20Cl2N2O3S. The Balaban J connectivity index is 1.41. The number of carbonyl (C=O) groups is 2. The Hall–Kier alpha value is -3.32. The molecule has 0 spiro atoms. The fourth-order valence-electron chi connectivity index (χ4n) is 4.24. The van der Waals surface area contributed by atoms with Gasteiger partial charge in [0.25, 0.3) is 0 Å². The summed E-state index contributed by atoms with van der Waals surface area (Å²) in [4.78, 5) is 31.7. The van der Waals surface area contributed by atoms with Crippen molar-refractivity contribution in [2.24, 2.45) is 0 Å². The third-order valence-electron chi connectivity index (χ3n) is 6.00. The van der Waals surface area contributed by atoms with E-state index in [9.17, 15) is 9.59 Å². The summed E-state index contributed by atoms with van der Waals surface area (Å²) < 4.78 is 6.01. The zero-order chi connectivity index (χ0) is 25.2. The smallest absolute Gasteiger partial charge is 0.410 e. The maximum absolute atomic E-state index is 13.2. The Kier molecular flexibility index (Phi) is 7.01. The summed E-state index contributed by atoms with van der Waals surface area (Å²) in [6.07, 6.45) is 1.24. The highest BCUT2D eigenvalue weighted by Crippen LogP contribution is 2.45. The van der Waals surface area contributed by atoms with E-state index < -0.39 is 12.2 Å². The highest BCUT2D eigenvalue weighted by molar-refractivity contribution is 7.99. The number of halogens is 2. The normalized spacial score (nSPS) is 12.1. The topological polar surface area (TPSA) is 59.5 Å². The lowest BCUT2D eigenvalue weighted by Gasteiger charge is -2.23. The van der Waals surface area contributed by atoms with Gasteiger partial charge >= 0.3 is 6.09 Å². The molecule has 5 nitrogen and oxygen atoms in total. The van der Waals surface area contributed by atoms with Crippen molar-refractivity contribution in [2.45, 2.75) is 22.4 Å². The van der Waals surface area contributed by atoms with Gasteiger partial charge in [-0.1, -0.05) is 102 Å². The Morgan fingerprint density at radius 3 is 2.28 bits per heavy atom. The van der Waals surface area contributed by atoms with E-state index in [1.54, 1.807) is 19.2 Å². The van der Waals surface area contributed by atoms with Gasteiger partial charge in [-0.15, -0.1) is 0 Å². The van der Waals surface area contributed by atoms with Gasteiger partial charge in [0.15, 0.2) is 12.4 Å². The number of hydrogen-bond acceptors (Lipinski definition) is 5. The SMILES string of the molecule is CN(Cc1c(Cl)cnc(Cl)c1Sc1ccccc1C=O)C(=O)OC1c2ccccc2-c2ccccc21. The third-order valence-corrected chi connectivity index (χ3v) is 7.96. The fraction of sp³-hybridized carbons (Fsp3) is 0.107. The second-order valence-corrected chi connectivity index (χ2v) is 10.1. The van der Waals surface area contributed by atoms with Gasteiger partial charge < -0.3 is 9.64 Å². The zero-order valence-corrected chi connectivity index (χ0v) is 21.5. The second kappa shape index (κ2) is 10.3. The van der Waals surface area contributed by atoms with Crippen LogP contribution in [-0.2, 0) is 11.3 Å². The number of aromatic nitrogens is 1. The van der Waals surface area contributed by atoms with E-state index in [1.807, 2.05) is 60.7 Å². The first-order valence-corrected chi connectivity index (χ1v) is 12.7. The summed E-state index contributed by atoms with van der Waals surface area (Å²) in [5.74, 6) is 0. The Labute approximate surface area is 223 Å². The zero-order valence-electron chi connectivity index (χ0n) is 19.2. The van der Waals surface area contributed by atoms with Crippen LogP contribution < -0.4 is 0 Å². The Bertz CT molecular complexity index is 1430. The minimum absolute atomic E-state index is 0.140. The fourth-order valence-corrected chi connectivity index (χ4v) is 5.82. The Morgan fingerprint density at radius 2 is 1.61 bits per heavy atom.